The summed E-state index contributed by atoms with van der Waals surface area (Å²) in [6, 6.07) is 0. The Bertz CT molecular complexity index is 230. The van der Waals surface area contributed by atoms with E-state index in [2.05, 4.69) is 6.92 Å². The average molecular weight is 215 g/mol. The van der Waals surface area contributed by atoms with Gasteiger partial charge in [0.05, 0.1) is 12.7 Å². The van der Waals surface area contributed by atoms with Crippen molar-refractivity contribution in [1.82, 2.24) is 4.90 Å². The molecule has 1 fully saturated rings. The molecule has 0 spiro atoms. The molecular weight excluding hydrogens is 194 g/mol. The molecule has 15 heavy (non-hydrogen) atoms. The number of rotatable bonds is 3. The Kier molecular flexibility index (Phi) is 3.60. The summed E-state index contributed by atoms with van der Waals surface area (Å²) in [6.07, 6.45) is 0.0601. The topological polar surface area (TPSA) is 42.1 Å². The number of epoxide rings is 1. The Hall–Kier alpha value is -0.770. The number of hydrogen-bond donors (Lipinski definition) is 0. The third-order valence-electron chi connectivity index (χ3n) is 2.26. The number of nitrogens with zero attached hydrogens (tertiary/aromatic N) is 1. The van der Waals surface area contributed by atoms with Gasteiger partial charge in [0.2, 0.25) is 0 Å². The molecular formula is C11H21NO3. The predicted octanol–water partition coefficient (Wildman–Crippen LogP) is 1.89. The normalized spacial score (nSPS) is 22.1. The van der Waals surface area contributed by atoms with E-state index in [0.29, 0.717) is 18.6 Å². The minimum absolute atomic E-state index is 0.269. The summed E-state index contributed by atoms with van der Waals surface area (Å²) in [5, 5.41) is 0. The Morgan fingerprint density at radius 1 is 1.60 bits per heavy atom. The van der Waals surface area contributed by atoms with Crippen LogP contribution in [0.1, 0.15) is 27.7 Å². The predicted molar refractivity (Wildman–Crippen MR) is 57.8 cm³/mol. The van der Waals surface area contributed by atoms with E-state index >= 15 is 0 Å². The molecule has 2 atom stereocenters. The van der Waals surface area contributed by atoms with Crippen molar-refractivity contribution in [3.63, 3.8) is 0 Å². The van der Waals surface area contributed by atoms with E-state index < -0.39 is 5.60 Å². The fraction of sp³-hybridized carbons (Fsp3) is 0.909. The van der Waals surface area contributed by atoms with Crippen molar-refractivity contribution in [3.05, 3.63) is 0 Å². The molecule has 2 unspecified atom stereocenters. The first-order valence-electron chi connectivity index (χ1n) is 5.35. The van der Waals surface area contributed by atoms with Crippen LogP contribution in [0.4, 0.5) is 4.79 Å². The van der Waals surface area contributed by atoms with Crippen LogP contribution in [-0.4, -0.2) is 42.9 Å². The second-order valence-electron chi connectivity index (χ2n) is 5.21. The van der Waals surface area contributed by atoms with Crippen LogP contribution in [0, 0.1) is 5.92 Å². The first-order valence-corrected chi connectivity index (χ1v) is 5.35. The molecule has 1 aliphatic rings. The summed E-state index contributed by atoms with van der Waals surface area (Å²) in [5.41, 5.74) is -0.426. The van der Waals surface area contributed by atoms with Gasteiger partial charge in [-0.15, -0.1) is 0 Å². The van der Waals surface area contributed by atoms with Crippen LogP contribution in [-0.2, 0) is 9.47 Å². The summed E-state index contributed by atoms with van der Waals surface area (Å²) in [7, 11) is 1.76. The third kappa shape index (κ3) is 4.51. The third-order valence-corrected chi connectivity index (χ3v) is 2.26. The lowest BCUT2D eigenvalue weighted by Crippen LogP contribution is -2.37. The molecule has 4 heteroatoms. The second kappa shape index (κ2) is 4.39. The zero-order chi connectivity index (χ0) is 11.6. The van der Waals surface area contributed by atoms with Gasteiger partial charge in [0.1, 0.15) is 5.60 Å². The van der Waals surface area contributed by atoms with Crippen molar-refractivity contribution in [3.8, 4) is 0 Å². The molecule has 0 radical (unpaired) electrons. The van der Waals surface area contributed by atoms with Crippen molar-refractivity contribution >= 4 is 6.09 Å². The van der Waals surface area contributed by atoms with E-state index in [4.69, 9.17) is 9.47 Å². The van der Waals surface area contributed by atoms with Crippen LogP contribution >= 0.6 is 0 Å². The van der Waals surface area contributed by atoms with Gasteiger partial charge in [-0.25, -0.2) is 4.79 Å². The highest BCUT2D eigenvalue weighted by atomic mass is 16.6. The fourth-order valence-electron chi connectivity index (χ4n) is 1.35. The number of amides is 1. The molecule has 0 aliphatic carbocycles. The lowest BCUT2D eigenvalue weighted by Gasteiger charge is -2.26. The largest absolute Gasteiger partial charge is 0.444 e. The van der Waals surface area contributed by atoms with Crippen molar-refractivity contribution in [2.45, 2.75) is 39.4 Å². The number of ether oxygens (including phenoxy) is 2. The molecule has 0 aromatic heterocycles. The summed E-state index contributed by atoms with van der Waals surface area (Å²) >= 11 is 0. The van der Waals surface area contributed by atoms with Gasteiger partial charge in [0.15, 0.2) is 0 Å². The van der Waals surface area contributed by atoms with Crippen LogP contribution in [0.25, 0.3) is 0 Å². The van der Waals surface area contributed by atoms with Gasteiger partial charge in [-0.05, 0) is 20.8 Å². The van der Waals surface area contributed by atoms with Gasteiger partial charge in [0, 0.05) is 19.5 Å². The van der Waals surface area contributed by atoms with E-state index in [-0.39, 0.29) is 6.09 Å². The Labute approximate surface area is 91.5 Å². The van der Waals surface area contributed by atoms with E-state index in [1.54, 1.807) is 11.9 Å². The quantitative estimate of drug-likeness (QED) is 0.675. The molecule has 0 aromatic rings. The average Bonchev–Trinajstić information content (AvgIpc) is 2.82. The number of carbonyl (C=O) groups excluding carboxylic acids is 1. The highest BCUT2D eigenvalue weighted by Gasteiger charge is 2.31. The van der Waals surface area contributed by atoms with E-state index in [1.807, 2.05) is 20.8 Å². The molecule has 0 saturated carbocycles. The van der Waals surface area contributed by atoms with E-state index in [9.17, 15) is 4.79 Å². The minimum atomic E-state index is -0.426. The van der Waals surface area contributed by atoms with Crippen molar-refractivity contribution in [2.24, 2.45) is 5.92 Å². The van der Waals surface area contributed by atoms with Crippen LogP contribution in [0.5, 0.6) is 0 Å². The SMILES string of the molecule is CC(CN(C)C(=O)OC(C)(C)C)C1CO1. The van der Waals surface area contributed by atoms with Crippen molar-refractivity contribution < 1.29 is 14.3 Å². The Morgan fingerprint density at radius 2 is 2.13 bits per heavy atom. The van der Waals surface area contributed by atoms with Gasteiger partial charge >= 0.3 is 6.09 Å². The van der Waals surface area contributed by atoms with Gasteiger partial charge in [0.25, 0.3) is 0 Å². The molecule has 1 aliphatic heterocycles. The van der Waals surface area contributed by atoms with Gasteiger partial charge in [-0.2, -0.15) is 0 Å². The maximum atomic E-state index is 11.6. The molecule has 0 N–H and O–H groups in total. The molecule has 88 valence electrons. The van der Waals surface area contributed by atoms with E-state index in [0.717, 1.165) is 6.61 Å². The summed E-state index contributed by atoms with van der Waals surface area (Å²) < 4.78 is 10.4. The molecule has 4 nitrogen and oxygen atoms in total. The standard InChI is InChI=1S/C11H21NO3/c1-8(9-7-14-9)6-12(5)10(13)15-11(2,3)4/h8-9H,6-7H2,1-5H3. The number of carbonyl (C=O) groups is 1. The first kappa shape index (κ1) is 12.3. The molecule has 0 bridgehead atoms. The van der Waals surface area contributed by atoms with Crippen LogP contribution < -0.4 is 0 Å². The molecule has 1 amide bonds. The molecule has 0 aromatic carbocycles. The maximum absolute atomic E-state index is 11.6. The summed E-state index contributed by atoms with van der Waals surface area (Å²) in [4.78, 5) is 13.2. The van der Waals surface area contributed by atoms with Crippen LogP contribution in [0.2, 0.25) is 0 Å². The zero-order valence-electron chi connectivity index (χ0n) is 10.2. The molecule has 1 rings (SSSR count). The maximum Gasteiger partial charge on any atom is 0.410 e. The minimum Gasteiger partial charge on any atom is -0.444 e. The van der Waals surface area contributed by atoms with E-state index in [1.165, 1.54) is 0 Å². The monoisotopic (exact) mass is 215 g/mol. The van der Waals surface area contributed by atoms with Gasteiger partial charge in [-0.3, -0.25) is 0 Å². The second-order valence-corrected chi connectivity index (χ2v) is 5.21. The van der Waals surface area contributed by atoms with Crippen LogP contribution in [0.15, 0.2) is 0 Å². The summed E-state index contributed by atoms with van der Waals surface area (Å²) in [5.74, 6) is 0.377. The fourth-order valence-corrected chi connectivity index (χ4v) is 1.35. The molecule has 1 heterocycles. The first-order chi connectivity index (χ1) is 6.79. The lowest BCUT2D eigenvalue weighted by molar-refractivity contribution is 0.0270. The molecule has 1 saturated heterocycles. The Morgan fingerprint density at radius 3 is 2.53 bits per heavy atom. The van der Waals surface area contributed by atoms with Crippen molar-refractivity contribution in [1.29, 1.82) is 0 Å². The van der Waals surface area contributed by atoms with Crippen molar-refractivity contribution in [2.75, 3.05) is 20.2 Å². The van der Waals surface area contributed by atoms with Gasteiger partial charge < -0.3 is 14.4 Å². The lowest BCUT2D eigenvalue weighted by atomic mass is 10.1. The smallest absolute Gasteiger partial charge is 0.410 e. The Balaban J connectivity index is 2.32. The highest BCUT2D eigenvalue weighted by molar-refractivity contribution is 5.67. The number of hydrogen-bond acceptors (Lipinski definition) is 3. The summed E-state index contributed by atoms with van der Waals surface area (Å²) in [6.45, 7) is 9.19. The highest BCUT2D eigenvalue weighted by Crippen LogP contribution is 2.20. The van der Waals surface area contributed by atoms with Crippen LogP contribution in [0.3, 0.4) is 0 Å². The zero-order valence-corrected chi connectivity index (χ0v) is 10.2. The van der Waals surface area contributed by atoms with Gasteiger partial charge in [-0.1, -0.05) is 6.92 Å².